The van der Waals surface area contributed by atoms with Crippen LogP contribution in [0.25, 0.3) is 0 Å². The van der Waals surface area contributed by atoms with E-state index in [2.05, 4.69) is 10.4 Å². The minimum absolute atomic E-state index is 0.166. The molecule has 2 fully saturated rings. The second-order valence-electron chi connectivity index (χ2n) is 6.83. The van der Waals surface area contributed by atoms with Gasteiger partial charge in [0.1, 0.15) is 17.1 Å². The highest BCUT2D eigenvalue weighted by Crippen LogP contribution is 2.56. The highest BCUT2D eigenvalue weighted by molar-refractivity contribution is 6.06. The second-order valence-corrected chi connectivity index (χ2v) is 6.83. The summed E-state index contributed by atoms with van der Waals surface area (Å²) in [7, 11) is 1.72. The van der Waals surface area contributed by atoms with Gasteiger partial charge in [0.25, 0.3) is 11.8 Å². The van der Waals surface area contributed by atoms with Crippen LogP contribution in [0.2, 0.25) is 0 Å². The second kappa shape index (κ2) is 5.40. The van der Waals surface area contributed by atoms with Crippen LogP contribution in [0.4, 0.5) is 10.1 Å². The number of likely N-dealkylation sites (tertiary alicyclic amines) is 1. The van der Waals surface area contributed by atoms with Gasteiger partial charge in [-0.15, -0.1) is 0 Å². The molecule has 2 aliphatic rings. The lowest BCUT2D eigenvalue weighted by molar-refractivity contribution is -0.121. The van der Waals surface area contributed by atoms with Crippen LogP contribution < -0.4 is 5.32 Å². The average molecular weight is 342 g/mol. The molecule has 1 aromatic heterocycles. The molecule has 1 aliphatic heterocycles. The quantitative estimate of drug-likeness (QED) is 0.929. The van der Waals surface area contributed by atoms with Crippen molar-refractivity contribution in [1.29, 1.82) is 0 Å². The lowest BCUT2D eigenvalue weighted by Crippen LogP contribution is -2.48. The van der Waals surface area contributed by atoms with Gasteiger partial charge in [0.05, 0.1) is 5.69 Å². The number of anilines is 1. The summed E-state index contributed by atoms with van der Waals surface area (Å²) in [6.07, 6.45) is 1.45. The van der Waals surface area contributed by atoms with Crippen molar-refractivity contribution in [2.24, 2.45) is 13.0 Å². The van der Waals surface area contributed by atoms with E-state index in [0.717, 1.165) is 12.1 Å². The number of nitrogens with zero attached hydrogens (tertiary/aromatic N) is 3. The Labute approximate surface area is 144 Å². The van der Waals surface area contributed by atoms with Crippen LogP contribution in [-0.2, 0) is 11.8 Å². The van der Waals surface area contributed by atoms with Gasteiger partial charge in [-0.25, -0.2) is 4.39 Å². The Hall–Kier alpha value is -2.70. The number of benzene rings is 1. The molecule has 1 saturated carbocycles. The molecule has 1 N–H and O–H groups in total. The van der Waals surface area contributed by atoms with Gasteiger partial charge in [-0.05, 0) is 49.9 Å². The van der Waals surface area contributed by atoms with Crippen molar-refractivity contribution >= 4 is 17.5 Å². The molecule has 2 amide bonds. The highest BCUT2D eigenvalue weighted by atomic mass is 19.1. The maximum Gasteiger partial charge on any atom is 0.273 e. The molecule has 0 spiro atoms. The Balaban J connectivity index is 1.59. The van der Waals surface area contributed by atoms with E-state index in [1.807, 2.05) is 6.92 Å². The molecular formula is C18H19FN4O2. The van der Waals surface area contributed by atoms with Gasteiger partial charge in [0, 0.05) is 19.3 Å². The van der Waals surface area contributed by atoms with E-state index in [4.69, 9.17) is 0 Å². The third kappa shape index (κ3) is 2.42. The minimum Gasteiger partial charge on any atom is -0.324 e. The lowest BCUT2D eigenvalue weighted by Gasteiger charge is -2.27. The number of aromatic nitrogens is 2. The number of piperidine rings is 1. The van der Waals surface area contributed by atoms with Crippen LogP contribution in [0.1, 0.15) is 29.0 Å². The van der Waals surface area contributed by atoms with Gasteiger partial charge in [-0.3, -0.25) is 14.3 Å². The van der Waals surface area contributed by atoms with E-state index in [-0.39, 0.29) is 17.7 Å². The van der Waals surface area contributed by atoms with Gasteiger partial charge >= 0.3 is 0 Å². The molecule has 1 saturated heterocycles. The molecular weight excluding hydrogens is 323 g/mol. The van der Waals surface area contributed by atoms with Gasteiger partial charge in [0.15, 0.2) is 0 Å². The van der Waals surface area contributed by atoms with E-state index < -0.39 is 11.4 Å². The number of fused-ring (bicyclic) bond motifs is 1. The summed E-state index contributed by atoms with van der Waals surface area (Å²) in [4.78, 5) is 27.5. The van der Waals surface area contributed by atoms with Crippen molar-refractivity contribution in [3.05, 3.63) is 47.5 Å². The molecule has 1 aromatic carbocycles. The van der Waals surface area contributed by atoms with Crippen LogP contribution >= 0.6 is 0 Å². The van der Waals surface area contributed by atoms with Crippen molar-refractivity contribution < 1.29 is 14.0 Å². The van der Waals surface area contributed by atoms with Crippen LogP contribution in [0.5, 0.6) is 0 Å². The number of nitrogens with one attached hydrogen (secondary N) is 1. The molecule has 0 bridgehead atoms. The van der Waals surface area contributed by atoms with Gasteiger partial charge in [-0.1, -0.05) is 6.07 Å². The molecule has 2 aromatic rings. The average Bonchev–Trinajstić information content (AvgIpc) is 3.02. The molecule has 6 nitrogen and oxygen atoms in total. The van der Waals surface area contributed by atoms with E-state index in [9.17, 15) is 14.0 Å². The van der Waals surface area contributed by atoms with Crippen LogP contribution in [0.15, 0.2) is 30.3 Å². The number of hydrogen-bond donors (Lipinski definition) is 1. The Morgan fingerprint density at radius 1 is 1.36 bits per heavy atom. The lowest BCUT2D eigenvalue weighted by atomic mass is 10.1. The number of carbonyl (C=O) groups is 2. The van der Waals surface area contributed by atoms with Crippen molar-refractivity contribution in [2.45, 2.75) is 25.3 Å². The molecule has 2 atom stereocenters. The first-order valence-electron chi connectivity index (χ1n) is 8.31. The zero-order valence-electron chi connectivity index (χ0n) is 14.1. The number of aryl methyl sites for hydroxylation is 2. The summed E-state index contributed by atoms with van der Waals surface area (Å²) < 4.78 is 14.9. The van der Waals surface area contributed by atoms with Crippen molar-refractivity contribution in [3.63, 3.8) is 0 Å². The number of carbonyl (C=O) groups excluding carboxylic acids is 2. The van der Waals surface area contributed by atoms with E-state index in [1.54, 1.807) is 34.8 Å². The fourth-order valence-corrected chi connectivity index (χ4v) is 3.91. The monoisotopic (exact) mass is 342 g/mol. The van der Waals surface area contributed by atoms with Crippen LogP contribution in [0.3, 0.4) is 0 Å². The summed E-state index contributed by atoms with van der Waals surface area (Å²) in [5.74, 6) is -0.669. The van der Waals surface area contributed by atoms with E-state index in [0.29, 0.717) is 24.3 Å². The standard InChI is InChI=1S/C18H19FN4O2/c1-11-8-15(22(2)21-11)16(24)23-7-6-12-10-18(12,23)17(25)20-14-5-3-4-13(19)9-14/h3-5,8-9,12H,6-7,10H2,1-2H3,(H,20,25). The maximum atomic E-state index is 13.3. The van der Waals surface area contributed by atoms with E-state index >= 15 is 0 Å². The molecule has 7 heteroatoms. The van der Waals surface area contributed by atoms with Gasteiger partial charge in [0.2, 0.25) is 0 Å². The molecule has 25 heavy (non-hydrogen) atoms. The SMILES string of the molecule is Cc1cc(C(=O)N2CCC3CC32C(=O)Nc2cccc(F)c2)n(C)n1. The molecule has 0 radical (unpaired) electrons. The third-order valence-electron chi connectivity index (χ3n) is 5.20. The normalized spacial score (nSPS) is 24.1. The summed E-state index contributed by atoms with van der Waals surface area (Å²) >= 11 is 0. The number of amides is 2. The number of halogens is 1. The first kappa shape index (κ1) is 15.8. The first-order valence-corrected chi connectivity index (χ1v) is 8.31. The Bertz CT molecular complexity index is 878. The zero-order valence-corrected chi connectivity index (χ0v) is 14.1. The van der Waals surface area contributed by atoms with Crippen molar-refractivity contribution in [3.8, 4) is 0 Å². The Morgan fingerprint density at radius 3 is 2.80 bits per heavy atom. The molecule has 2 unspecified atom stereocenters. The fourth-order valence-electron chi connectivity index (χ4n) is 3.91. The Morgan fingerprint density at radius 2 is 2.16 bits per heavy atom. The summed E-state index contributed by atoms with van der Waals surface area (Å²) in [5.41, 5.74) is 0.820. The minimum atomic E-state index is -0.818. The Kier molecular flexibility index (Phi) is 3.42. The van der Waals surface area contributed by atoms with Gasteiger partial charge < -0.3 is 10.2 Å². The predicted molar refractivity (Wildman–Crippen MR) is 89.5 cm³/mol. The molecule has 2 heterocycles. The summed E-state index contributed by atoms with van der Waals surface area (Å²) in [6.45, 7) is 2.37. The zero-order chi connectivity index (χ0) is 17.8. The predicted octanol–water partition coefficient (Wildman–Crippen LogP) is 2.11. The maximum absolute atomic E-state index is 13.3. The highest BCUT2D eigenvalue weighted by Gasteiger charge is 2.68. The van der Waals surface area contributed by atoms with E-state index in [1.165, 1.54) is 12.1 Å². The molecule has 130 valence electrons. The van der Waals surface area contributed by atoms with Crippen LogP contribution in [-0.4, -0.2) is 38.6 Å². The first-order chi connectivity index (χ1) is 11.9. The van der Waals surface area contributed by atoms with Crippen LogP contribution in [0, 0.1) is 18.7 Å². The number of hydrogen-bond acceptors (Lipinski definition) is 3. The molecule has 4 rings (SSSR count). The van der Waals surface area contributed by atoms with Crippen molar-refractivity contribution in [1.82, 2.24) is 14.7 Å². The van der Waals surface area contributed by atoms with Crippen molar-refractivity contribution in [2.75, 3.05) is 11.9 Å². The largest absolute Gasteiger partial charge is 0.324 e. The summed E-state index contributed by atoms with van der Waals surface area (Å²) in [5, 5.41) is 6.98. The number of rotatable bonds is 3. The smallest absolute Gasteiger partial charge is 0.273 e. The molecule has 1 aliphatic carbocycles. The topological polar surface area (TPSA) is 67.2 Å². The third-order valence-corrected chi connectivity index (χ3v) is 5.20. The summed E-state index contributed by atoms with van der Waals surface area (Å²) in [6, 6.07) is 7.52. The van der Waals surface area contributed by atoms with Gasteiger partial charge in [-0.2, -0.15) is 5.10 Å². The fraction of sp³-hybridized carbons (Fsp3) is 0.389.